The minimum Gasteiger partial charge on any atom is -0.398 e. The first-order valence-electron chi connectivity index (χ1n) is 40.2. The lowest BCUT2D eigenvalue weighted by Gasteiger charge is -2.32. The number of nitrogen functional groups attached to an aromatic ring is 6. The number of terminal acetylenes is 2. The lowest BCUT2D eigenvalue weighted by atomic mass is 9.99. The number of hydrogen-bond donors (Lipinski definition) is 15. The quantitative estimate of drug-likeness (QED) is 0.0445. The summed E-state index contributed by atoms with van der Waals surface area (Å²) >= 11 is 32.4. The molecule has 9 aliphatic heterocycles. The van der Waals surface area contributed by atoms with Gasteiger partial charge in [-0.2, -0.15) is 24.6 Å². The third-order valence-electron chi connectivity index (χ3n) is 23.1. The van der Waals surface area contributed by atoms with E-state index in [2.05, 4.69) is 89.0 Å². The number of aromatic amines is 3. The summed E-state index contributed by atoms with van der Waals surface area (Å²) in [5, 5.41) is 0.159. The van der Waals surface area contributed by atoms with E-state index in [9.17, 15) is 52.2 Å². The van der Waals surface area contributed by atoms with Crippen LogP contribution in [-0.2, 0) is 137 Å². The van der Waals surface area contributed by atoms with E-state index < -0.39 is 233 Å². The fourth-order valence-corrected chi connectivity index (χ4v) is 28.8. The third kappa shape index (κ3) is 19.1. The first-order chi connectivity index (χ1) is 65.3. The Morgan fingerprint density at radius 1 is 0.500 bits per heavy atom. The average Bonchev–Trinajstić information content (AvgIpc) is 1.59. The Kier molecular flexibility index (Phi) is 26.9. The SMILES string of the molecule is C#C[C@@]12COP(O)(=S)O[C@@H]3[C@H](F)[C@@H](COP(O)(=S)O[C@H]1C[C@H](n1cc(F)c4c(N)ccnc41)O2)S[C@H]3n1cnc2c(=O)[nH]c(N)nc21.C#C[C@@]12COP(O)(=S)O[C@@H]3[C@H](F)[C@@H](COP(O)(=S)O[C@H]1C[C@H](n1cc(F)c4c(N)ccnc41)O2)S[C@H]3n1cnc2c(=O)[nH]c(N)nc21.Nc1nc2c(ncn2[C@@H]2O[C@@H]3COP(O)(=S)O[C@H]4C[C@H](c5cnn6c(N)ccnc56)O[C@@H]4COP(=O)(S)O[C@@H]2[C@@H]3F)c(=O)[nH]1. The molecule has 27 atom stereocenters. The molecule has 9 fully saturated rings. The van der Waals surface area contributed by atoms with Gasteiger partial charge in [-0.3, -0.25) is 61.1 Å². The van der Waals surface area contributed by atoms with Crippen LogP contribution in [0.5, 0.6) is 0 Å². The van der Waals surface area contributed by atoms with Crippen molar-refractivity contribution >= 4 is 231 Å². The number of H-pyrrole nitrogens is 3. The maximum absolute atomic E-state index is 16.1. The van der Waals surface area contributed by atoms with Crippen LogP contribution in [0.4, 0.5) is 57.0 Å². The molecular formula is C69H72F5N25O25P6S8. The number of thioether (sulfide) groups is 2. The molecule has 9 aliphatic rings. The van der Waals surface area contributed by atoms with Gasteiger partial charge in [0, 0.05) is 67.2 Å². The summed E-state index contributed by atoms with van der Waals surface area (Å²) in [5.74, 6) is 3.23. The predicted octanol–water partition coefficient (Wildman–Crippen LogP) is 5.10. The number of fused-ring (bicyclic) bond motifs is 15. The van der Waals surface area contributed by atoms with E-state index in [4.69, 9.17) is 180 Å². The van der Waals surface area contributed by atoms with Crippen LogP contribution in [0.1, 0.15) is 60.4 Å². The van der Waals surface area contributed by atoms with Crippen LogP contribution in [0.25, 0.3) is 61.2 Å². The Morgan fingerprint density at radius 3 is 1.41 bits per heavy atom. The van der Waals surface area contributed by atoms with Crippen LogP contribution in [-0.4, -0.2) is 245 Å². The Bertz CT molecular complexity index is 7200. The largest absolute Gasteiger partial charge is 0.398 e. The molecule has 0 radical (unpaired) electrons. The monoisotopic (exact) mass is 2190 g/mol. The summed E-state index contributed by atoms with van der Waals surface area (Å²) in [7, 11) is 0. The van der Waals surface area contributed by atoms with Gasteiger partial charge in [0.2, 0.25) is 17.8 Å². The maximum atomic E-state index is 16.1. The number of nitrogens with zero attached hydrogens (tertiary/aromatic N) is 16. The van der Waals surface area contributed by atoms with E-state index in [1.54, 1.807) is 6.07 Å². The summed E-state index contributed by atoms with van der Waals surface area (Å²) in [4.78, 5) is 137. The van der Waals surface area contributed by atoms with Crippen molar-refractivity contribution in [3.63, 3.8) is 0 Å². The molecule has 20 N–H and O–H groups in total. The first-order valence-corrected chi connectivity index (χ1v) is 57.7. The van der Waals surface area contributed by atoms with Crippen molar-refractivity contribution in [3.05, 3.63) is 123 Å². The number of alkyl halides is 3. The van der Waals surface area contributed by atoms with E-state index in [0.717, 1.165) is 42.2 Å². The average molecular weight is 2190 g/mol. The van der Waals surface area contributed by atoms with Crippen LogP contribution in [0.15, 0.2) is 88.7 Å². The minimum atomic E-state index is -4.34. The molecule has 0 amide bonds. The Labute approximate surface area is 807 Å². The van der Waals surface area contributed by atoms with Crippen molar-refractivity contribution in [2.45, 2.75) is 144 Å². The summed E-state index contributed by atoms with van der Waals surface area (Å²) < 4.78 is 192. The number of nitrogens with two attached hydrogens (primary N) is 6. The second-order valence-corrected chi connectivity index (χ2v) is 51.2. The molecular weight excluding hydrogens is 2120 g/mol. The fraction of sp³-hybridized carbons (Fsp3) is 0.435. The molecule has 21 heterocycles. The van der Waals surface area contributed by atoms with Gasteiger partial charge in [-0.15, -0.1) is 36.4 Å². The lowest BCUT2D eigenvalue weighted by Crippen LogP contribution is -2.43. The summed E-state index contributed by atoms with van der Waals surface area (Å²) in [6.07, 6.45) is 3.12. The highest BCUT2D eigenvalue weighted by molar-refractivity contribution is 8.44. The van der Waals surface area contributed by atoms with Crippen molar-refractivity contribution < 1.29 is 124 Å². The Hall–Kier alpha value is -7.69. The zero-order valence-corrected chi connectivity index (χ0v) is 81.3. The zero-order chi connectivity index (χ0) is 97.9. The Morgan fingerprint density at radius 2 is 0.928 bits per heavy atom. The van der Waals surface area contributed by atoms with Gasteiger partial charge in [-0.1, -0.05) is 24.1 Å². The van der Waals surface area contributed by atoms with E-state index in [0.29, 0.717) is 17.0 Å². The first kappa shape index (κ1) is 99.1. The van der Waals surface area contributed by atoms with Crippen LogP contribution in [0.3, 0.4) is 0 Å². The molecule has 50 nitrogen and oxygen atoms in total. The molecule has 21 rings (SSSR count). The van der Waals surface area contributed by atoms with Gasteiger partial charge in [0.05, 0.1) is 98.3 Å². The highest BCUT2D eigenvalue weighted by atomic mass is 32.7. The number of ether oxygens (including phenoxy) is 4. The lowest BCUT2D eigenvalue weighted by molar-refractivity contribution is -0.0845. The number of thiol groups is 1. The molecule has 9 saturated heterocycles. The maximum Gasteiger partial charge on any atom is 0.386 e. The number of nitrogens with one attached hydrogen (secondary N) is 3. The number of aromatic nitrogens is 19. The van der Waals surface area contributed by atoms with Crippen LogP contribution < -0.4 is 51.1 Å². The van der Waals surface area contributed by atoms with E-state index in [-0.39, 0.29) is 104 Å². The standard InChI is InChI=1S/2C24H24F2N8O8P2S3.C21H24FN9O9P2S2/c2*1-2-24-8-39-44(37,46)42-18-16(26)12(47-22(18)34-9-30-17-20(34)31-23(28)32-21(17)35)7-38-43(36,45)41-13(24)5-14(40-24)33-6-10(25)15-11(27)3-4-29-19(15)33;22-14-12-6-36-41(33,43)39-10-3-9(8-4-27-31-13(23)1-2-25-17(8)31)37-11(10)5-35-42(34,44)40-16(14)20(38-12)30-7-26-15-18(30)28-21(24)29-19(15)32/h2*1,3-4,6,9,12-14,16,18,22H,5,7-8H2,(H2,27,29)(H,36,45)(H,37,46)(H3,28,31,32,35);1-2,4,7,9-12,14,16,20H,3,5-6,23H2,(H,33,43)(H,34,44)(H3,24,28,29,32)/t2*12-,13+,14-,16-,18-,22-,24-,43?,44?;9-,10+,11-,12-,14-,16-,20-,41?,42?/m111/s1. The van der Waals surface area contributed by atoms with Gasteiger partial charge in [0.1, 0.15) is 95.4 Å². The molecule has 0 saturated carbocycles. The number of imidazole rings is 3. The number of halogens is 5. The summed E-state index contributed by atoms with van der Waals surface area (Å²) in [6, 6.07) is 4.46. The van der Waals surface area contributed by atoms with Gasteiger partial charge in [0.25, 0.3) is 16.7 Å². The highest BCUT2D eigenvalue weighted by Gasteiger charge is 2.60. The number of rotatable bonds is 6. The molecule has 736 valence electrons. The minimum absolute atomic E-state index is 0.0137. The smallest absolute Gasteiger partial charge is 0.386 e. The van der Waals surface area contributed by atoms with Crippen LogP contribution in [0.2, 0.25) is 0 Å². The number of anilines is 6. The normalized spacial score (nSPS) is 36.5. The molecule has 6 bridgehead atoms. The molecule has 0 spiro atoms. The Balaban J connectivity index is 0.000000132. The molecule has 0 aromatic carbocycles. The van der Waals surface area contributed by atoms with Gasteiger partial charge in [-0.25, -0.2) is 56.4 Å². The topological polar surface area (TPSA) is 679 Å². The van der Waals surface area contributed by atoms with Crippen molar-refractivity contribution in [2.75, 3.05) is 74.0 Å². The second-order valence-electron chi connectivity index (χ2n) is 31.7. The second kappa shape index (κ2) is 37.5. The number of hydrogen-bond acceptors (Lipinski definition) is 43. The molecule has 0 aliphatic carbocycles. The molecule has 6 unspecified atom stereocenters. The van der Waals surface area contributed by atoms with Crippen molar-refractivity contribution in [3.8, 4) is 24.7 Å². The van der Waals surface area contributed by atoms with Crippen LogP contribution >= 0.6 is 76.2 Å². The van der Waals surface area contributed by atoms with E-state index >= 15 is 13.2 Å². The van der Waals surface area contributed by atoms with Gasteiger partial charge in [-0.05, 0) is 77.2 Å². The highest BCUT2D eigenvalue weighted by Crippen LogP contribution is 2.64. The summed E-state index contributed by atoms with van der Waals surface area (Å²) in [5.41, 5.74) is 30.6. The van der Waals surface area contributed by atoms with E-state index in [1.165, 1.54) is 76.9 Å². The van der Waals surface area contributed by atoms with E-state index in [1.807, 2.05) is 0 Å². The molecule has 12 aromatic heterocycles. The van der Waals surface area contributed by atoms with Gasteiger partial charge >= 0.3 is 40.4 Å². The van der Waals surface area contributed by atoms with Gasteiger partial charge in [0.15, 0.2) is 74.4 Å². The molecule has 69 heteroatoms. The summed E-state index contributed by atoms with van der Waals surface area (Å²) in [6.45, 7) is -28.7. The van der Waals surface area contributed by atoms with Crippen molar-refractivity contribution in [1.29, 1.82) is 0 Å². The predicted molar refractivity (Wildman–Crippen MR) is 502 cm³/mol. The number of pyridine rings is 2. The molecule has 12 aromatic rings. The fourth-order valence-electron chi connectivity index (χ4n) is 16.8. The zero-order valence-electron chi connectivity index (χ0n) is 69.3. The molecule has 138 heavy (non-hydrogen) atoms. The van der Waals surface area contributed by atoms with Crippen LogP contribution in [0, 0.1) is 36.3 Å². The third-order valence-corrected chi connectivity index (χ3v) is 35.6. The van der Waals surface area contributed by atoms with Crippen molar-refractivity contribution in [2.24, 2.45) is 0 Å². The van der Waals surface area contributed by atoms with Crippen molar-refractivity contribution in [1.82, 2.24) is 92.3 Å². The van der Waals surface area contributed by atoms with Gasteiger partial charge < -0.3 is 123 Å².